The second kappa shape index (κ2) is 5.56. The minimum atomic E-state index is -3.65. The molecule has 0 unspecified atom stereocenters. The molecular formula is C16H20FNO4S. The summed E-state index contributed by atoms with van der Waals surface area (Å²) in [6.45, 7) is 1.90. The Labute approximate surface area is 135 Å². The summed E-state index contributed by atoms with van der Waals surface area (Å²) in [5, 5.41) is 9.54. The monoisotopic (exact) mass is 341 g/mol. The van der Waals surface area contributed by atoms with Gasteiger partial charge >= 0.3 is 5.97 Å². The number of rotatable bonds is 4. The molecule has 2 aliphatic rings. The Morgan fingerprint density at radius 2 is 2.22 bits per heavy atom. The zero-order valence-electron chi connectivity index (χ0n) is 13.0. The fourth-order valence-electron chi connectivity index (χ4n) is 3.83. The topological polar surface area (TPSA) is 74.7 Å². The summed E-state index contributed by atoms with van der Waals surface area (Å²) in [4.78, 5) is 11.6. The summed E-state index contributed by atoms with van der Waals surface area (Å²) in [6, 6.07) is 4.38. The van der Waals surface area contributed by atoms with Crippen LogP contribution in [0.15, 0.2) is 18.2 Å². The highest BCUT2D eigenvalue weighted by molar-refractivity contribution is 7.88. The van der Waals surface area contributed by atoms with E-state index in [9.17, 15) is 22.7 Å². The third kappa shape index (κ3) is 2.76. The van der Waals surface area contributed by atoms with E-state index in [0.29, 0.717) is 17.5 Å². The lowest BCUT2D eigenvalue weighted by molar-refractivity contribution is -0.149. The van der Waals surface area contributed by atoms with Crippen LogP contribution in [0.1, 0.15) is 30.4 Å². The van der Waals surface area contributed by atoms with Crippen LogP contribution in [0.25, 0.3) is 0 Å². The number of nitrogens with zero attached hydrogens (tertiary/aromatic N) is 1. The lowest BCUT2D eigenvalue weighted by Crippen LogP contribution is -2.37. The van der Waals surface area contributed by atoms with E-state index >= 15 is 0 Å². The van der Waals surface area contributed by atoms with Gasteiger partial charge in [0.25, 0.3) is 0 Å². The first-order valence-electron chi connectivity index (χ1n) is 7.71. The molecule has 1 aliphatic carbocycles. The van der Waals surface area contributed by atoms with Crippen LogP contribution < -0.4 is 0 Å². The van der Waals surface area contributed by atoms with Crippen molar-refractivity contribution in [3.05, 3.63) is 35.1 Å². The Balaban J connectivity index is 1.81. The largest absolute Gasteiger partial charge is 0.481 e. The smallest absolute Gasteiger partial charge is 0.311 e. The SMILES string of the molecule is Cc1ccc(CS(=O)(=O)N2C[C@@H]3CCC[C@@]3(C(=O)O)C2)cc1F. The predicted octanol–water partition coefficient (Wildman–Crippen LogP) is 2.15. The van der Waals surface area contributed by atoms with Crippen molar-refractivity contribution in [1.29, 1.82) is 0 Å². The summed E-state index contributed by atoms with van der Waals surface area (Å²) in [5.41, 5.74) is -0.0905. The molecule has 1 N–H and O–H groups in total. The number of aryl methyl sites for hydroxylation is 1. The number of hydrogen-bond donors (Lipinski definition) is 1. The number of carboxylic acids is 1. The molecule has 1 aromatic rings. The third-order valence-corrected chi connectivity index (χ3v) is 7.01. The van der Waals surface area contributed by atoms with Gasteiger partial charge in [-0.05, 0) is 42.9 Å². The van der Waals surface area contributed by atoms with Crippen molar-refractivity contribution in [3.8, 4) is 0 Å². The summed E-state index contributed by atoms with van der Waals surface area (Å²) in [6.07, 6.45) is 2.10. The molecule has 1 saturated heterocycles. The van der Waals surface area contributed by atoms with E-state index in [2.05, 4.69) is 0 Å². The molecule has 2 fully saturated rings. The molecule has 0 spiro atoms. The zero-order chi connectivity index (χ0) is 16.8. The first-order chi connectivity index (χ1) is 10.7. The van der Waals surface area contributed by atoms with Gasteiger partial charge in [-0.2, -0.15) is 0 Å². The van der Waals surface area contributed by atoms with Crippen molar-refractivity contribution in [2.24, 2.45) is 11.3 Å². The van der Waals surface area contributed by atoms with Crippen molar-refractivity contribution in [1.82, 2.24) is 4.31 Å². The minimum absolute atomic E-state index is 0.0314. The third-order valence-electron chi connectivity index (χ3n) is 5.24. The lowest BCUT2D eigenvalue weighted by atomic mass is 9.81. The maximum absolute atomic E-state index is 13.6. The molecule has 23 heavy (non-hydrogen) atoms. The highest BCUT2D eigenvalue weighted by Gasteiger charge is 2.56. The summed E-state index contributed by atoms with van der Waals surface area (Å²) >= 11 is 0. The maximum Gasteiger partial charge on any atom is 0.311 e. The molecule has 0 aromatic heterocycles. The van der Waals surface area contributed by atoms with Crippen molar-refractivity contribution in [3.63, 3.8) is 0 Å². The number of carboxylic acid groups (broad SMARTS) is 1. The van der Waals surface area contributed by atoms with Gasteiger partial charge in [-0.25, -0.2) is 17.1 Å². The highest BCUT2D eigenvalue weighted by atomic mass is 32.2. The second-order valence-electron chi connectivity index (χ2n) is 6.68. The molecule has 1 aromatic carbocycles. The summed E-state index contributed by atoms with van der Waals surface area (Å²) in [7, 11) is -3.65. The number of hydrogen-bond acceptors (Lipinski definition) is 3. The van der Waals surface area contributed by atoms with Crippen molar-refractivity contribution in [2.45, 2.75) is 31.9 Å². The van der Waals surface area contributed by atoms with Gasteiger partial charge in [0.15, 0.2) is 0 Å². The van der Waals surface area contributed by atoms with Crippen LogP contribution >= 0.6 is 0 Å². The second-order valence-corrected chi connectivity index (χ2v) is 8.65. The molecule has 0 radical (unpaired) electrons. The van der Waals surface area contributed by atoms with Crippen LogP contribution in [-0.2, 0) is 20.6 Å². The highest BCUT2D eigenvalue weighted by Crippen LogP contribution is 2.49. The van der Waals surface area contributed by atoms with Gasteiger partial charge in [0, 0.05) is 13.1 Å². The number of benzene rings is 1. The number of aliphatic carboxylic acids is 1. The van der Waals surface area contributed by atoms with E-state index in [1.807, 2.05) is 0 Å². The van der Waals surface area contributed by atoms with Crippen LogP contribution in [0.5, 0.6) is 0 Å². The van der Waals surface area contributed by atoms with Crippen LogP contribution in [0, 0.1) is 24.1 Å². The summed E-state index contributed by atoms with van der Waals surface area (Å²) < 4.78 is 40.1. The standard InChI is InChI=1S/C16H20FNO4S/c1-11-4-5-12(7-14(11)17)9-23(21,22)18-8-13-3-2-6-16(13,10-18)15(19)20/h4-5,7,13H,2-3,6,8-10H2,1H3,(H,19,20)/t13-,16+/m0/s1. The van der Waals surface area contributed by atoms with Crippen LogP contribution in [0.3, 0.4) is 0 Å². The van der Waals surface area contributed by atoms with Crippen molar-refractivity contribution >= 4 is 16.0 Å². The minimum Gasteiger partial charge on any atom is -0.481 e. The summed E-state index contributed by atoms with van der Waals surface area (Å²) in [5.74, 6) is -1.76. The fourth-order valence-corrected chi connectivity index (χ4v) is 5.45. The lowest BCUT2D eigenvalue weighted by Gasteiger charge is -2.23. The van der Waals surface area contributed by atoms with Crippen molar-refractivity contribution in [2.75, 3.05) is 13.1 Å². The average Bonchev–Trinajstić information content (AvgIpc) is 3.00. The van der Waals surface area contributed by atoms with Crippen LogP contribution in [0.2, 0.25) is 0 Å². The first-order valence-corrected chi connectivity index (χ1v) is 9.32. The molecule has 1 heterocycles. The van der Waals surface area contributed by atoms with E-state index < -0.39 is 27.2 Å². The van der Waals surface area contributed by atoms with Crippen LogP contribution in [-0.4, -0.2) is 36.9 Å². The molecule has 0 amide bonds. The van der Waals surface area contributed by atoms with E-state index in [0.717, 1.165) is 12.8 Å². The molecule has 1 aliphatic heterocycles. The van der Waals surface area contributed by atoms with Gasteiger partial charge in [-0.3, -0.25) is 4.79 Å². The van der Waals surface area contributed by atoms with Gasteiger partial charge in [0.1, 0.15) is 5.82 Å². The molecule has 3 rings (SSSR count). The molecule has 126 valence electrons. The van der Waals surface area contributed by atoms with E-state index in [4.69, 9.17) is 0 Å². The maximum atomic E-state index is 13.6. The first kappa shape index (κ1) is 16.4. The van der Waals surface area contributed by atoms with E-state index in [-0.39, 0.29) is 24.8 Å². The molecule has 5 nitrogen and oxygen atoms in total. The predicted molar refractivity (Wildman–Crippen MR) is 82.7 cm³/mol. The molecular weight excluding hydrogens is 321 g/mol. The molecule has 1 saturated carbocycles. The Morgan fingerprint density at radius 1 is 1.48 bits per heavy atom. The van der Waals surface area contributed by atoms with Gasteiger partial charge in [-0.1, -0.05) is 18.6 Å². The molecule has 7 heteroatoms. The van der Waals surface area contributed by atoms with Gasteiger partial charge in [0.05, 0.1) is 11.2 Å². The number of fused-ring (bicyclic) bond motifs is 1. The van der Waals surface area contributed by atoms with E-state index in [1.54, 1.807) is 19.1 Å². The Morgan fingerprint density at radius 3 is 2.83 bits per heavy atom. The Bertz CT molecular complexity index is 748. The molecule has 0 bridgehead atoms. The van der Waals surface area contributed by atoms with E-state index in [1.165, 1.54) is 10.4 Å². The fraction of sp³-hybridized carbons (Fsp3) is 0.562. The average molecular weight is 341 g/mol. The van der Waals surface area contributed by atoms with Gasteiger partial charge in [0.2, 0.25) is 10.0 Å². The van der Waals surface area contributed by atoms with Crippen molar-refractivity contribution < 1.29 is 22.7 Å². The Hall–Kier alpha value is -1.47. The van der Waals surface area contributed by atoms with Gasteiger partial charge < -0.3 is 5.11 Å². The van der Waals surface area contributed by atoms with Gasteiger partial charge in [-0.15, -0.1) is 0 Å². The normalized spacial score (nSPS) is 28.0. The number of carbonyl (C=O) groups is 1. The Kier molecular flexibility index (Phi) is 3.96. The number of halogens is 1. The zero-order valence-corrected chi connectivity index (χ0v) is 13.8. The number of sulfonamides is 1. The quantitative estimate of drug-likeness (QED) is 0.910. The van der Waals surface area contributed by atoms with Crippen LogP contribution in [0.4, 0.5) is 4.39 Å². The molecule has 2 atom stereocenters.